The number of aromatic nitrogens is 4. The maximum absolute atomic E-state index is 2.45. The Morgan fingerprint density at radius 3 is 1.01 bits per heavy atom. The second-order valence-corrected chi connectivity index (χ2v) is 25.2. The zero-order valence-electron chi connectivity index (χ0n) is 51.1. The van der Waals surface area contributed by atoms with Crippen LogP contribution in [0.1, 0.15) is 0 Å². The summed E-state index contributed by atoms with van der Waals surface area (Å²) in [6.45, 7) is 0. The Hall–Kier alpha value is -12.5. The van der Waals surface area contributed by atoms with Crippen molar-refractivity contribution in [1.29, 1.82) is 0 Å². The summed E-state index contributed by atoms with van der Waals surface area (Å²) in [7, 11) is 0. The standard InChI is InChI=1S/C90H56N4/c1-3-18-57(19-4-1)70-45-38-63(61-22-15-20-59(50-61)60-21-16-23-62(51-60)64-41-48-89-80(55-64)76-31-17-30-75-71-26-7-14-35-85(71)94(89)90(75)76)52-77(70)58-36-42-68(43-37-58)92-83-33-12-10-29-74(83)81-56-69(44-49-88(81)92)93-84-34-13-9-28-73(84)79-54-66(40-47-87(79)93)65-39-46-86-78(53-65)72-27-8-11-32-82(72)91(86)67-24-5-2-6-25-67/h1-56H. The normalized spacial score (nSPS) is 12.0. The third kappa shape index (κ3) is 7.93. The predicted octanol–water partition coefficient (Wildman–Crippen LogP) is 24.1. The van der Waals surface area contributed by atoms with Gasteiger partial charge in [0.2, 0.25) is 0 Å². The lowest BCUT2D eigenvalue weighted by Gasteiger charge is -2.15. The van der Waals surface area contributed by atoms with Gasteiger partial charge < -0.3 is 18.1 Å². The van der Waals surface area contributed by atoms with Crippen LogP contribution in [0.2, 0.25) is 0 Å². The Balaban J connectivity index is 0.642. The number of hydrogen-bond acceptors (Lipinski definition) is 0. The van der Waals surface area contributed by atoms with Gasteiger partial charge in [-0.25, -0.2) is 0 Å². The van der Waals surface area contributed by atoms with Crippen LogP contribution in [0.5, 0.6) is 0 Å². The van der Waals surface area contributed by atoms with Crippen molar-refractivity contribution in [2.45, 2.75) is 0 Å². The number of fused-ring (bicyclic) bond motifs is 15. The van der Waals surface area contributed by atoms with E-state index in [4.69, 9.17) is 0 Å². The van der Waals surface area contributed by atoms with E-state index in [1.165, 1.54) is 159 Å². The van der Waals surface area contributed by atoms with Gasteiger partial charge in [0.05, 0.1) is 49.7 Å². The molecule has 94 heavy (non-hydrogen) atoms. The van der Waals surface area contributed by atoms with Crippen molar-refractivity contribution < 1.29 is 0 Å². The molecule has 0 saturated heterocycles. The first kappa shape index (κ1) is 52.3. The van der Waals surface area contributed by atoms with Crippen molar-refractivity contribution in [3.63, 3.8) is 0 Å². The number of nitrogens with zero attached hydrogens (tertiary/aromatic N) is 4. The Labute approximate surface area is 541 Å². The van der Waals surface area contributed by atoms with Crippen LogP contribution in [0.25, 0.3) is 187 Å². The van der Waals surface area contributed by atoms with Gasteiger partial charge in [-0.2, -0.15) is 0 Å². The van der Waals surface area contributed by atoms with Crippen LogP contribution < -0.4 is 0 Å². The van der Waals surface area contributed by atoms with Gasteiger partial charge in [-0.05, 0) is 188 Å². The average molecular weight is 1190 g/mol. The van der Waals surface area contributed by atoms with Gasteiger partial charge in [-0.1, -0.05) is 218 Å². The monoisotopic (exact) mass is 1190 g/mol. The first-order valence-corrected chi connectivity index (χ1v) is 32.5. The molecule has 0 bridgehead atoms. The summed E-state index contributed by atoms with van der Waals surface area (Å²) in [5, 5.41) is 12.6. The maximum Gasteiger partial charge on any atom is 0.0620 e. The van der Waals surface area contributed by atoms with Gasteiger partial charge >= 0.3 is 0 Å². The van der Waals surface area contributed by atoms with Crippen molar-refractivity contribution in [2.75, 3.05) is 0 Å². The molecule has 0 N–H and O–H groups in total. The van der Waals surface area contributed by atoms with E-state index in [1.54, 1.807) is 0 Å². The predicted molar refractivity (Wildman–Crippen MR) is 397 cm³/mol. The Kier molecular flexibility index (Phi) is 11.4. The largest absolute Gasteiger partial charge is 0.309 e. The lowest BCUT2D eigenvalue weighted by atomic mass is 9.90. The summed E-state index contributed by atoms with van der Waals surface area (Å²) >= 11 is 0. The molecule has 0 radical (unpaired) electrons. The van der Waals surface area contributed by atoms with E-state index in [0.29, 0.717) is 0 Å². The Morgan fingerprint density at radius 2 is 0.457 bits per heavy atom. The average Bonchev–Trinajstić information content (AvgIpc) is 1.55. The van der Waals surface area contributed by atoms with E-state index in [0.717, 1.165) is 28.1 Å². The Morgan fingerprint density at radius 1 is 0.149 bits per heavy atom. The SMILES string of the molecule is c1ccc(-c2ccc(-c3cccc(-c4cccc(-c5ccc6c(c5)c5cccc7c8ccccc8n6c75)c4)c3)cc2-c2ccc(-n3c4ccccc4c4cc(-n5c6ccccc6c6cc(-c7ccc8c(c7)c7ccccc7n8-c7ccccc7)ccc65)ccc43)cc2)cc1. The lowest BCUT2D eigenvalue weighted by molar-refractivity contribution is 1.17. The van der Waals surface area contributed by atoms with E-state index in [1.807, 2.05) is 0 Å². The molecule has 436 valence electrons. The molecule has 0 aliphatic carbocycles. The van der Waals surface area contributed by atoms with Crippen molar-refractivity contribution in [3.05, 3.63) is 340 Å². The van der Waals surface area contributed by atoms with E-state index >= 15 is 0 Å². The fourth-order valence-electron chi connectivity index (χ4n) is 15.8. The molecular formula is C90H56N4. The number of hydrogen-bond donors (Lipinski definition) is 0. The third-order valence-electron chi connectivity index (χ3n) is 20.1. The van der Waals surface area contributed by atoms with Gasteiger partial charge in [0.15, 0.2) is 0 Å². The molecular weight excluding hydrogens is 1140 g/mol. The number of para-hydroxylation sites is 6. The summed E-state index contributed by atoms with van der Waals surface area (Å²) in [5.41, 5.74) is 28.6. The highest BCUT2D eigenvalue weighted by Gasteiger charge is 2.22. The maximum atomic E-state index is 2.45. The highest BCUT2D eigenvalue weighted by Crippen LogP contribution is 2.45. The Bertz CT molecular complexity index is 6450. The van der Waals surface area contributed by atoms with E-state index in [2.05, 4.69) is 358 Å². The third-order valence-corrected chi connectivity index (χ3v) is 20.1. The molecule has 0 spiro atoms. The molecule has 20 rings (SSSR count). The summed E-state index contributed by atoms with van der Waals surface area (Å²) in [5.74, 6) is 0. The number of rotatable bonds is 9. The zero-order chi connectivity index (χ0) is 61.5. The van der Waals surface area contributed by atoms with Crippen molar-refractivity contribution >= 4 is 104 Å². The van der Waals surface area contributed by atoms with Gasteiger partial charge in [0, 0.05) is 70.9 Å². The highest BCUT2D eigenvalue weighted by molar-refractivity contribution is 6.24. The van der Waals surface area contributed by atoms with Gasteiger partial charge in [0.1, 0.15) is 0 Å². The molecule has 15 aromatic carbocycles. The molecule has 0 unspecified atom stereocenters. The fraction of sp³-hybridized carbons (Fsp3) is 0. The molecule has 0 aliphatic heterocycles. The van der Waals surface area contributed by atoms with Crippen molar-refractivity contribution in [1.82, 2.24) is 18.1 Å². The van der Waals surface area contributed by atoms with Gasteiger partial charge in [-0.15, -0.1) is 0 Å². The summed E-state index contributed by atoms with van der Waals surface area (Å²) < 4.78 is 9.72. The molecule has 0 fully saturated rings. The fourth-order valence-corrected chi connectivity index (χ4v) is 15.8. The highest BCUT2D eigenvalue weighted by atomic mass is 15.0. The summed E-state index contributed by atoms with van der Waals surface area (Å²) in [6, 6.07) is 126. The van der Waals surface area contributed by atoms with Crippen LogP contribution in [-0.2, 0) is 0 Å². The van der Waals surface area contributed by atoms with Crippen molar-refractivity contribution in [3.8, 4) is 83.8 Å². The molecule has 4 nitrogen and oxygen atoms in total. The molecule has 20 aromatic rings. The van der Waals surface area contributed by atoms with E-state index in [9.17, 15) is 0 Å². The molecule has 4 heteroatoms. The molecule has 5 heterocycles. The van der Waals surface area contributed by atoms with Crippen LogP contribution in [0.3, 0.4) is 0 Å². The first-order valence-electron chi connectivity index (χ1n) is 32.5. The first-order chi connectivity index (χ1) is 46.6. The molecule has 5 aromatic heterocycles. The molecule has 0 amide bonds. The lowest BCUT2D eigenvalue weighted by Crippen LogP contribution is -1.96. The van der Waals surface area contributed by atoms with Gasteiger partial charge in [0.25, 0.3) is 0 Å². The van der Waals surface area contributed by atoms with Crippen LogP contribution in [0.15, 0.2) is 340 Å². The van der Waals surface area contributed by atoms with E-state index < -0.39 is 0 Å². The van der Waals surface area contributed by atoms with Crippen LogP contribution in [0, 0.1) is 0 Å². The quantitative estimate of drug-likeness (QED) is 0.137. The summed E-state index contributed by atoms with van der Waals surface area (Å²) in [4.78, 5) is 0. The van der Waals surface area contributed by atoms with Crippen LogP contribution >= 0.6 is 0 Å². The number of benzene rings is 15. The molecule has 0 atom stereocenters. The second kappa shape index (κ2) is 20.5. The smallest absolute Gasteiger partial charge is 0.0620 e. The summed E-state index contributed by atoms with van der Waals surface area (Å²) in [6.07, 6.45) is 0. The van der Waals surface area contributed by atoms with Gasteiger partial charge in [-0.3, -0.25) is 0 Å². The van der Waals surface area contributed by atoms with Crippen LogP contribution in [-0.4, -0.2) is 18.1 Å². The molecule has 0 aliphatic rings. The van der Waals surface area contributed by atoms with Crippen LogP contribution in [0.4, 0.5) is 0 Å². The topological polar surface area (TPSA) is 19.2 Å². The zero-order valence-corrected chi connectivity index (χ0v) is 51.1. The van der Waals surface area contributed by atoms with E-state index in [-0.39, 0.29) is 0 Å². The minimum atomic E-state index is 1.11. The minimum absolute atomic E-state index is 1.11. The second-order valence-electron chi connectivity index (χ2n) is 25.2. The van der Waals surface area contributed by atoms with Crippen molar-refractivity contribution in [2.24, 2.45) is 0 Å². The molecule has 0 saturated carbocycles. The minimum Gasteiger partial charge on any atom is -0.309 e.